The minimum absolute atomic E-state index is 0.0746. The Morgan fingerprint density at radius 2 is 2.21 bits per heavy atom. The van der Waals surface area contributed by atoms with Crippen LogP contribution in [0.3, 0.4) is 0 Å². The van der Waals surface area contributed by atoms with Crippen LogP contribution < -0.4 is 0 Å². The molecule has 0 aliphatic rings. The summed E-state index contributed by atoms with van der Waals surface area (Å²) < 4.78 is 0. The SMILES string of the molecule is CC(C#N)c1cc(CCO)ccc1O. The van der Waals surface area contributed by atoms with Gasteiger partial charge in [0.15, 0.2) is 0 Å². The third-order valence-corrected chi connectivity index (χ3v) is 2.15. The molecular formula is C11H13NO2. The van der Waals surface area contributed by atoms with Gasteiger partial charge in [0.2, 0.25) is 0 Å². The summed E-state index contributed by atoms with van der Waals surface area (Å²) in [4.78, 5) is 0. The Morgan fingerprint density at radius 1 is 1.50 bits per heavy atom. The zero-order chi connectivity index (χ0) is 10.6. The van der Waals surface area contributed by atoms with Crippen LogP contribution in [0.4, 0.5) is 0 Å². The van der Waals surface area contributed by atoms with E-state index < -0.39 is 0 Å². The molecule has 1 aromatic rings. The minimum atomic E-state index is -0.325. The van der Waals surface area contributed by atoms with Crippen molar-refractivity contribution >= 4 is 0 Å². The van der Waals surface area contributed by atoms with E-state index >= 15 is 0 Å². The van der Waals surface area contributed by atoms with Gasteiger partial charge in [0.25, 0.3) is 0 Å². The largest absolute Gasteiger partial charge is 0.508 e. The third-order valence-electron chi connectivity index (χ3n) is 2.15. The number of nitriles is 1. The molecule has 14 heavy (non-hydrogen) atoms. The molecule has 0 bridgehead atoms. The summed E-state index contributed by atoms with van der Waals surface area (Å²) in [5.41, 5.74) is 1.56. The van der Waals surface area contributed by atoms with Crippen molar-refractivity contribution in [2.24, 2.45) is 0 Å². The first kappa shape index (κ1) is 10.6. The van der Waals surface area contributed by atoms with E-state index in [1.807, 2.05) is 0 Å². The molecule has 3 nitrogen and oxygen atoms in total. The average molecular weight is 191 g/mol. The van der Waals surface area contributed by atoms with E-state index in [0.717, 1.165) is 5.56 Å². The van der Waals surface area contributed by atoms with Gasteiger partial charge in [-0.05, 0) is 25.0 Å². The first-order chi connectivity index (χ1) is 6.69. The summed E-state index contributed by atoms with van der Waals surface area (Å²) in [6.45, 7) is 1.81. The Kier molecular flexibility index (Phi) is 3.49. The fourth-order valence-corrected chi connectivity index (χ4v) is 1.30. The van der Waals surface area contributed by atoms with Crippen molar-refractivity contribution in [2.45, 2.75) is 19.3 Å². The molecule has 2 N–H and O–H groups in total. The zero-order valence-corrected chi connectivity index (χ0v) is 8.07. The molecule has 3 heteroatoms. The normalized spacial score (nSPS) is 12.1. The van der Waals surface area contributed by atoms with Gasteiger partial charge in [-0.3, -0.25) is 0 Å². The number of aliphatic hydroxyl groups excluding tert-OH is 1. The summed E-state index contributed by atoms with van der Waals surface area (Å²) in [6.07, 6.45) is 0.547. The lowest BCUT2D eigenvalue weighted by Crippen LogP contribution is -1.95. The summed E-state index contributed by atoms with van der Waals surface area (Å²) in [5.74, 6) is -0.186. The number of hydrogen-bond donors (Lipinski definition) is 2. The lowest BCUT2D eigenvalue weighted by Gasteiger charge is -2.08. The highest BCUT2D eigenvalue weighted by Gasteiger charge is 2.09. The van der Waals surface area contributed by atoms with Crippen LogP contribution in [-0.4, -0.2) is 16.8 Å². The second-order valence-corrected chi connectivity index (χ2v) is 3.22. The maximum Gasteiger partial charge on any atom is 0.120 e. The summed E-state index contributed by atoms with van der Waals surface area (Å²) in [6, 6.07) is 7.15. The Balaban J connectivity index is 3.03. The molecular weight excluding hydrogens is 178 g/mol. The van der Waals surface area contributed by atoms with Crippen LogP contribution in [0.25, 0.3) is 0 Å². The lowest BCUT2D eigenvalue weighted by molar-refractivity contribution is 0.299. The zero-order valence-electron chi connectivity index (χ0n) is 8.07. The van der Waals surface area contributed by atoms with Gasteiger partial charge in [0.1, 0.15) is 5.75 Å². The molecule has 1 unspecified atom stereocenters. The Morgan fingerprint density at radius 3 is 2.79 bits per heavy atom. The van der Waals surface area contributed by atoms with Crippen molar-refractivity contribution in [1.29, 1.82) is 5.26 Å². The number of aliphatic hydroxyl groups is 1. The number of hydrogen-bond acceptors (Lipinski definition) is 3. The highest BCUT2D eigenvalue weighted by molar-refractivity contribution is 5.40. The fraction of sp³-hybridized carbons (Fsp3) is 0.364. The number of aromatic hydroxyl groups is 1. The molecule has 0 spiro atoms. The van der Waals surface area contributed by atoms with Crippen LogP contribution in [0.1, 0.15) is 24.0 Å². The van der Waals surface area contributed by atoms with E-state index in [-0.39, 0.29) is 18.3 Å². The highest BCUT2D eigenvalue weighted by Crippen LogP contribution is 2.26. The number of phenolic OH excluding ortho intramolecular Hbond substituents is 1. The number of phenols is 1. The van der Waals surface area contributed by atoms with Gasteiger partial charge in [-0.1, -0.05) is 12.1 Å². The standard InChI is InChI=1S/C11H13NO2/c1-8(7-12)10-6-9(4-5-13)2-3-11(10)14/h2-3,6,8,13-14H,4-5H2,1H3. The molecule has 0 saturated heterocycles. The van der Waals surface area contributed by atoms with Crippen LogP contribution in [0.2, 0.25) is 0 Å². The second kappa shape index (κ2) is 4.64. The average Bonchev–Trinajstić information content (AvgIpc) is 2.20. The second-order valence-electron chi connectivity index (χ2n) is 3.22. The van der Waals surface area contributed by atoms with E-state index in [4.69, 9.17) is 10.4 Å². The Hall–Kier alpha value is -1.53. The molecule has 0 aliphatic heterocycles. The first-order valence-electron chi connectivity index (χ1n) is 4.51. The van der Waals surface area contributed by atoms with Crippen molar-refractivity contribution in [1.82, 2.24) is 0 Å². The molecule has 0 aromatic heterocycles. The van der Waals surface area contributed by atoms with Crippen LogP contribution in [0.5, 0.6) is 5.75 Å². The van der Waals surface area contributed by atoms with Crippen molar-refractivity contribution in [3.05, 3.63) is 29.3 Å². The summed E-state index contributed by atoms with van der Waals surface area (Å²) in [5, 5.41) is 27.0. The summed E-state index contributed by atoms with van der Waals surface area (Å²) in [7, 11) is 0. The first-order valence-corrected chi connectivity index (χ1v) is 4.51. The van der Waals surface area contributed by atoms with Gasteiger partial charge in [0.05, 0.1) is 12.0 Å². The van der Waals surface area contributed by atoms with E-state index in [2.05, 4.69) is 6.07 Å². The molecule has 1 aromatic carbocycles. The van der Waals surface area contributed by atoms with Gasteiger partial charge in [-0.25, -0.2) is 0 Å². The smallest absolute Gasteiger partial charge is 0.120 e. The van der Waals surface area contributed by atoms with Gasteiger partial charge in [0, 0.05) is 12.2 Å². The molecule has 0 radical (unpaired) electrons. The molecule has 1 atom stereocenters. The van der Waals surface area contributed by atoms with E-state index in [0.29, 0.717) is 12.0 Å². The van der Waals surface area contributed by atoms with Crippen molar-refractivity contribution in [3.63, 3.8) is 0 Å². The number of rotatable bonds is 3. The van der Waals surface area contributed by atoms with Crippen molar-refractivity contribution in [3.8, 4) is 11.8 Å². The van der Waals surface area contributed by atoms with E-state index in [9.17, 15) is 5.11 Å². The van der Waals surface area contributed by atoms with Crippen LogP contribution >= 0.6 is 0 Å². The Bertz CT molecular complexity index is 355. The van der Waals surface area contributed by atoms with Crippen LogP contribution in [0, 0.1) is 11.3 Å². The topological polar surface area (TPSA) is 64.2 Å². The fourth-order valence-electron chi connectivity index (χ4n) is 1.30. The molecule has 0 fully saturated rings. The van der Waals surface area contributed by atoms with E-state index in [1.54, 1.807) is 25.1 Å². The maximum absolute atomic E-state index is 9.49. The van der Waals surface area contributed by atoms with Crippen LogP contribution in [0.15, 0.2) is 18.2 Å². The van der Waals surface area contributed by atoms with Gasteiger partial charge >= 0.3 is 0 Å². The predicted octanol–water partition coefficient (Wildman–Crippen LogP) is 1.55. The lowest BCUT2D eigenvalue weighted by atomic mass is 9.98. The minimum Gasteiger partial charge on any atom is -0.508 e. The summed E-state index contributed by atoms with van der Waals surface area (Å²) >= 11 is 0. The van der Waals surface area contributed by atoms with Crippen molar-refractivity contribution in [2.75, 3.05) is 6.61 Å². The maximum atomic E-state index is 9.49. The van der Waals surface area contributed by atoms with Crippen molar-refractivity contribution < 1.29 is 10.2 Å². The molecule has 0 aliphatic carbocycles. The molecule has 0 amide bonds. The van der Waals surface area contributed by atoms with Crippen LogP contribution in [-0.2, 0) is 6.42 Å². The third kappa shape index (κ3) is 2.24. The molecule has 0 heterocycles. The molecule has 74 valence electrons. The molecule has 1 rings (SSSR count). The quantitative estimate of drug-likeness (QED) is 0.761. The Labute approximate surface area is 83.2 Å². The highest BCUT2D eigenvalue weighted by atomic mass is 16.3. The van der Waals surface area contributed by atoms with E-state index in [1.165, 1.54) is 0 Å². The van der Waals surface area contributed by atoms with Gasteiger partial charge in [-0.2, -0.15) is 5.26 Å². The van der Waals surface area contributed by atoms with Gasteiger partial charge < -0.3 is 10.2 Å². The monoisotopic (exact) mass is 191 g/mol. The number of benzene rings is 1. The predicted molar refractivity (Wildman–Crippen MR) is 52.9 cm³/mol. The number of nitrogens with zero attached hydrogens (tertiary/aromatic N) is 1. The molecule has 0 saturated carbocycles. The van der Waals surface area contributed by atoms with Gasteiger partial charge in [-0.15, -0.1) is 0 Å².